The molecule has 0 spiro atoms. The lowest BCUT2D eigenvalue weighted by atomic mass is 10.0. The van der Waals surface area contributed by atoms with Crippen LogP contribution in [0.4, 0.5) is 5.82 Å². The molecule has 19 heavy (non-hydrogen) atoms. The number of hydrogen-bond donors (Lipinski definition) is 2. The van der Waals surface area contributed by atoms with Crippen LogP contribution in [0.15, 0.2) is 6.07 Å². The largest absolute Gasteiger partial charge is 0.475 e. The van der Waals surface area contributed by atoms with Crippen LogP contribution in [0.5, 0.6) is 5.88 Å². The van der Waals surface area contributed by atoms with E-state index in [-0.39, 0.29) is 24.2 Å². The predicted octanol–water partition coefficient (Wildman–Crippen LogP) is 0.0250. The molecule has 0 unspecified atom stereocenters. The van der Waals surface area contributed by atoms with E-state index in [4.69, 9.17) is 9.47 Å². The number of aromatic nitrogens is 2. The second kappa shape index (κ2) is 7.32. The molecule has 1 aliphatic rings. The summed E-state index contributed by atoms with van der Waals surface area (Å²) in [6, 6.07) is 1.71. The van der Waals surface area contributed by atoms with Crippen LogP contribution in [-0.2, 0) is 16.6 Å². The lowest BCUT2D eigenvalue weighted by Gasteiger charge is -2.25. The average Bonchev–Trinajstić information content (AvgIpc) is 2.57. The Bertz CT molecular complexity index is 420. The first kappa shape index (κ1) is 15.7. The molecule has 0 bridgehead atoms. The Kier molecular flexibility index (Phi) is 6.07. The molecule has 0 atom stereocenters. The number of amides is 1. The second-order valence-corrected chi connectivity index (χ2v) is 4.18. The van der Waals surface area contributed by atoms with Crippen LogP contribution in [0, 0.1) is 5.92 Å². The van der Waals surface area contributed by atoms with E-state index in [9.17, 15) is 4.79 Å². The Hall–Kier alpha value is -1.31. The fourth-order valence-corrected chi connectivity index (χ4v) is 1.58. The molecule has 2 rings (SSSR count). The van der Waals surface area contributed by atoms with Crippen molar-refractivity contribution in [2.24, 2.45) is 13.0 Å². The molecule has 8 heteroatoms. The standard InChI is InChI=1S/C11H18N4O3.ClH/c1-15-10(18-4-3-17-2)5-9(14-15)13-11(16)8-6-12-7-8;/h5,8,12H,3-4,6-7H2,1-2H3,(H,13,14,16);1H. The highest BCUT2D eigenvalue weighted by Gasteiger charge is 2.25. The number of anilines is 1. The van der Waals surface area contributed by atoms with Gasteiger partial charge in [-0.05, 0) is 0 Å². The van der Waals surface area contributed by atoms with Crippen LogP contribution in [0.3, 0.4) is 0 Å². The lowest BCUT2D eigenvalue weighted by molar-refractivity contribution is -0.121. The van der Waals surface area contributed by atoms with E-state index in [1.165, 1.54) is 0 Å². The molecule has 7 nitrogen and oxygen atoms in total. The number of hydrogen-bond acceptors (Lipinski definition) is 5. The third-order valence-electron chi connectivity index (χ3n) is 2.78. The number of nitrogens with one attached hydrogen (secondary N) is 2. The van der Waals surface area contributed by atoms with Gasteiger partial charge in [0, 0.05) is 33.3 Å². The van der Waals surface area contributed by atoms with Crippen molar-refractivity contribution in [1.82, 2.24) is 15.1 Å². The number of rotatable bonds is 6. The minimum atomic E-state index is -0.00436. The highest BCUT2D eigenvalue weighted by molar-refractivity contribution is 5.92. The van der Waals surface area contributed by atoms with Gasteiger partial charge in [0.25, 0.3) is 0 Å². The van der Waals surface area contributed by atoms with Crippen LogP contribution >= 0.6 is 12.4 Å². The predicted molar refractivity (Wildman–Crippen MR) is 72.8 cm³/mol. The minimum absolute atomic E-state index is 0. The fourth-order valence-electron chi connectivity index (χ4n) is 1.58. The maximum absolute atomic E-state index is 11.7. The van der Waals surface area contributed by atoms with Gasteiger partial charge in [0.15, 0.2) is 5.82 Å². The van der Waals surface area contributed by atoms with Gasteiger partial charge in [-0.25, -0.2) is 4.68 Å². The third-order valence-corrected chi connectivity index (χ3v) is 2.78. The molecule has 108 valence electrons. The van der Waals surface area contributed by atoms with Crippen molar-refractivity contribution in [1.29, 1.82) is 0 Å². The van der Waals surface area contributed by atoms with Crippen molar-refractivity contribution in [3.8, 4) is 5.88 Å². The van der Waals surface area contributed by atoms with Crippen molar-refractivity contribution in [2.45, 2.75) is 0 Å². The minimum Gasteiger partial charge on any atom is -0.475 e. The monoisotopic (exact) mass is 290 g/mol. The molecule has 2 N–H and O–H groups in total. The van der Waals surface area contributed by atoms with Gasteiger partial charge in [0.05, 0.1) is 12.5 Å². The van der Waals surface area contributed by atoms with Crippen LogP contribution in [0.25, 0.3) is 0 Å². The number of aryl methyl sites for hydroxylation is 1. The summed E-state index contributed by atoms with van der Waals surface area (Å²) in [4.78, 5) is 11.7. The summed E-state index contributed by atoms with van der Waals surface area (Å²) >= 11 is 0. The van der Waals surface area contributed by atoms with E-state index in [0.29, 0.717) is 24.9 Å². The summed E-state index contributed by atoms with van der Waals surface area (Å²) < 4.78 is 11.9. The summed E-state index contributed by atoms with van der Waals surface area (Å²) in [6.07, 6.45) is 0. The molecule has 0 aliphatic carbocycles. The van der Waals surface area contributed by atoms with Gasteiger partial charge in [-0.3, -0.25) is 4.79 Å². The molecule has 1 saturated heterocycles. The molecule has 0 aromatic carbocycles. The molecule has 0 radical (unpaired) electrons. The van der Waals surface area contributed by atoms with Gasteiger partial charge in [-0.2, -0.15) is 5.10 Å². The van der Waals surface area contributed by atoms with Gasteiger partial charge >= 0.3 is 0 Å². The van der Waals surface area contributed by atoms with E-state index in [2.05, 4.69) is 15.7 Å². The van der Waals surface area contributed by atoms with Gasteiger partial charge in [0.1, 0.15) is 6.61 Å². The van der Waals surface area contributed by atoms with Crippen molar-refractivity contribution in [2.75, 3.05) is 38.7 Å². The first-order valence-electron chi connectivity index (χ1n) is 5.88. The van der Waals surface area contributed by atoms with Crippen LogP contribution in [-0.4, -0.2) is 49.1 Å². The van der Waals surface area contributed by atoms with Crippen molar-refractivity contribution in [3.05, 3.63) is 6.07 Å². The molecule has 1 fully saturated rings. The number of ether oxygens (including phenoxy) is 2. The maximum Gasteiger partial charge on any atom is 0.231 e. The summed E-state index contributed by atoms with van der Waals surface area (Å²) in [5, 5.41) is 10.00. The Balaban J connectivity index is 0.00000180. The van der Waals surface area contributed by atoms with Crippen molar-refractivity contribution in [3.63, 3.8) is 0 Å². The number of carbonyl (C=O) groups excluding carboxylic acids is 1. The second-order valence-electron chi connectivity index (χ2n) is 4.18. The van der Waals surface area contributed by atoms with Gasteiger partial charge in [0.2, 0.25) is 11.8 Å². The smallest absolute Gasteiger partial charge is 0.231 e. The highest BCUT2D eigenvalue weighted by atomic mass is 35.5. The Morgan fingerprint density at radius 3 is 2.89 bits per heavy atom. The van der Waals surface area contributed by atoms with Crippen molar-refractivity contribution >= 4 is 24.1 Å². The van der Waals surface area contributed by atoms with Gasteiger partial charge in [-0.15, -0.1) is 12.4 Å². The maximum atomic E-state index is 11.7. The van der Waals surface area contributed by atoms with E-state index < -0.39 is 0 Å². The number of methoxy groups -OCH3 is 1. The third kappa shape index (κ3) is 4.09. The molecule has 1 aromatic rings. The number of halogens is 1. The van der Waals surface area contributed by atoms with E-state index in [1.54, 1.807) is 24.9 Å². The molecule has 1 aliphatic heterocycles. The molecule has 0 saturated carbocycles. The summed E-state index contributed by atoms with van der Waals surface area (Å²) in [5.41, 5.74) is 0. The quantitative estimate of drug-likeness (QED) is 0.723. The topological polar surface area (TPSA) is 77.4 Å². The first-order valence-corrected chi connectivity index (χ1v) is 5.88. The van der Waals surface area contributed by atoms with E-state index in [0.717, 1.165) is 13.1 Å². The Morgan fingerprint density at radius 1 is 1.58 bits per heavy atom. The first-order chi connectivity index (χ1) is 8.70. The van der Waals surface area contributed by atoms with Crippen LogP contribution in [0.2, 0.25) is 0 Å². The molecule has 2 heterocycles. The molecular weight excluding hydrogens is 272 g/mol. The Labute approximate surface area is 118 Å². The van der Waals surface area contributed by atoms with Crippen molar-refractivity contribution < 1.29 is 14.3 Å². The lowest BCUT2D eigenvalue weighted by Crippen LogP contribution is -2.48. The zero-order chi connectivity index (χ0) is 13.0. The zero-order valence-corrected chi connectivity index (χ0v) is 11.8. The normalized spacial score (nSPS) is 14.4. The number of carbonyl (C=O) groups is 1. The molecular formula is C11H19ClN4O3. The van der Waals surface area contributed by atoms with E-state index >= 15 is 0 Å². The SMILES string of the molecule is COCCOc1cc(NC(=O)C2CNC2)nn1C.Cl. The van der Waals surface area contributed by atoms with Gasteiger partial charge in [-0.1, -0.05) is 0 Å². The van der Waals surface area contributed by atoms with E-state index in [1.807, 2.05) is 0 Å². The summed E-state index contributed by atoms with van der Waals surface area (Å²) in [6.45, 7) is 2.43. The van der Waals surface area contributed by atoms with Crippen LogP contribution < -0.4 is 15.4 Å². The Morgan fingerprint density at radius 2 is 2.32 bits per heavy atom. The fraction of sp³-hybridized carbons (Fsp3) is 0.636. The zero-order valence-electron chi connectivity index (χ0n) is 11.0. The molecule has 1 amide bonds. The van der Waals surface area contributed by atoms with Crippen LogP contribution in [0.1, 0.15) is 0 Å². The summed E-state index contributed by atoms with van der Waals surface area (Å²) in [5.74, 6) is 1.16. The number of nitrogens with zero attached hydrogens (tertiary/aromatic N) is 2. The average molecular weight is 291 g/mol. The summed E-state index contributed by atoms with van der Waals surface area (Å²) in [7, 11) is 3.38. The molecule has 1 aromatic heterocycles. The highest BCUT2D eigenvalue weighted by Crippen LogP contribution is 2.17. The van der Waals surface area contributed by atoms with Gasteiger partial charge < -0.3 is 20.1 Å².